The van der Waals surface area contributed by atoms with E-state index in [0.717, 1.165) is 22.4 Å². The van der Waals surface area contributed by atoms with E-state index in [2.05, 4.69) is 0 Å². The molecule has 4 nitrogen and oxygen atoms in total. The van der Waals surface area contributed by atoms with Crippen molar-refractivity contribution in [3.05, 3.63) is 101 Å². The van der Waals surface area contributed by atoms with Gasteiger partial charge in [-0.3, -0.25) is 0 Å². The molecule has 3 rings (SSSR count). The lowest BCUT2D eigenvalue weighted by Gasteiger charge is -2.11. The third kappa shape index (κ3) is 5.20. The summed E-state index contributed by atoms with van der Waals surface area (Å²) in [7, 11) is 2.99. The summed E-state index contributed by atoms with van der Waals surface area (Å²) in [5.41, 5.74) is 4.52. The zero-order valence-electron chi connectivity index (χ0n) is 16.8. The number of aliphatic imine (C=N–C) groups is 1. The fourth-order valence-electron chi connectivity index (χ4n) is 2.83. The molecule has 3 aromatic rings. The molecule has 0 aliphatic heterocycles. The van der Waals surface area contributed by atoms with E-state index in [1.54, 1.807) is 13.2 Å². The maximum Gasteiger partial charge on any atom is 0.340 e. The number of rotatable bonds is 6. The Hall–Kier alpha value is -3.66. The number of benzene rings is 3. The van der Waals surface area contributed by atoms with E-state index in [9.17, 15) is 4.79 Å². The van der Waals surface area contributed by atoms with Crippen LogP contribution in [0, 0.1) is 6.92 Å². The molecule has 0 atom stereocenters. The highest BCUT2D eigenvalue weighted by Crippen LogP contribution is 2.23. The van der Waals surface area contributed by atoms with Gasteiger partial charge in [-0.1, -0.05) is 60.2 Å². The van der Waals surface area contributed by atoms with E-state index in [1.807, 2.05) is 85.8 Å². The van der Waals surface area contributed by atoms with Crippen LogP contribution >= 0.6 is 0 Å². The van der Waals surface area contributed by atoms with Crippen molar-refractivity contribution in [1.29, 1.82) is 0 Å². The molecular weight excluding hydrogens is 362 g/mol. The molecular formula is C25H23NO3. The van der Waals surface area contributed by atoms with Crippen LogP contribution in [0.15, 0.2) is 89.4 Å². The number of aryl methyl sites for hydroxylation is 1. The van der Waals surface area contributed by atoms with Crippen LogP contribution in [0.4, 0.5) is 5.69 Å². The molecule has 0 N–H and O–H groups in total. The van der Waals surface area contributed by atoms with Gasteiger partial charge in [0.2, 0.25) is 0 Å². The Morgan fingerprint density at radius 2 is 1.52 bits per heavy atom. The summed E-state index contributed by atoms with van der Waals surface area (Å²) in [6.07, 6.45) is 1.81. The van der Waals surface area contributed by atoms with Crippen molar-refractivity contribution >= 4 is 23.4 Å². The first-order valence-electron chi connectivity index (χ1n) is 9.26. The van der Waals surface area contributed by atoms with Gasteiger partial charge in [0.05, 0.1) is 31.2 Å². The minimum absolute atomic E-state index is 0.387. The Labute approximate surface area is 171 Å². The van der Waals surface area contributed by atoms with Crippen LogP contribution in [0.2, 0.25) is 0 Å². The van der Waals surface area contributed by atoms with Gasteiger partial charge in [-0.05, 0) is 42.8 Å². The number of carbonyl (C=O) groups is 1. The third-order valence-electron chi connectivity index (χ3n) is 4.41. The minimum Gasteiger partial charge on any atom is -0.497 e. The number of hydrogen-bond acceptors (Lipinski definition) is 4. The molecule has 0 fully saturated rings. The van der Waals surface area contributed by atoms with Crippen LogP contribution in [0.1, 0.15) is 16.7 Å². The second-order valence-electron chi connectivity index (χ2n) is 6.48. The lowest BCUT2D eigenvalue weighted by molar-refractivity contribution is -0.135. The van der Waals surface area contributed by atoms with Gasteiger partial charge in [0, 0.05) is 5.56 Å². The molecule has 0 heterocycles. The SMILES string of the molecule is COC(=O)/C(=C/c1ccc(C)cc1)C(=Nc1ccc(OC)cc1)c1ccccc1. The van der Waals surface area contributed by atoms with Gasteiger partial charge in [0.1, 0.15) is 5.75 Å². The largest absolute Gasteiger partial charge is 0.497 e. The Morgan fingerprint density at radius 3 is 2.10 bits per heavy atom. The predicted molar refractivity (Wildman–Crippen MR) is 117 cm³/mol. The standard InChI is InChI=1S/C25H23NO3/c1-18-9-11-19(12-10-18)17-23(25(27)29-3)24(20-7-5-4-6-8-20)26-21-13-15-22(28-2)16-14-21/h4-17H,1-3H3/b23-17+,26-24?. The molecule has 0 saturated carbocycles. The average Bonchev–Trinajstić information content (AvgIpc) is 2.78. The molecule has 0 aromatic heterocycles. The van der Waals surface area contributed by atoms with Crippen molar-refractivity contribution in [1.82, 2.24) is 0 Å². The molecule has 0 unspecified atom stereocenters. The maximum atomic E-state index is 12.7. The topological polar surface area (TPSA) is 47.9 Å². The monoisotopic (exact) mass is 385 g/mol. The Morgan fingerprint density at radius 1 is 0.862 bits per heavy atom. The van der Waals surface area contributed by atoms with E-state index in [-0.39, 0.29) is 0 Å². The first-order chi connectivity index (χ1) is 14.1. The Kier molecular flexibility index (Phi) is 6.59. The number of esters is 1. The smallest absolute Gasteiger partial charge is 0.340 e. The molecule has 0 aliphatic carbocycles. The van der Waals surface area contributed by atoms with Crippen LogP contribution in [0.25, 0.3) is 6.08 Å². The van der Waals surface area contributed by atoms with Gasteiger partial charge in [0.15, 0.2) is 0 Å². The van der Waals surface area contributed by atoms with Crippen molar-refractivity contribution in [2.75, 3.05) is 14.2 Å². The Bertz CT molecular complexity index is 1020. The van der Waals surface area contributed by atoms with Crippen LogP contribution in [0.5, 0.6) is 5.75 Å². The second kappa shape index (κ2) is 9.51. The molecule has 0 aliphatic rings. The third-order valence-corrected chi connectivity index (χ3v) is 4.41. The van der Waals surface area contributed by atoms with Crippen LogP contribution < -0.4 is 4.74 Å². The average molecular weight is 385 g/mol. The lowest BCUT2D eigenvalue weighted by Crippen LogP contribution is -2.15. The Balaban J connectivity index is 2.16. The zero-order valence-corrected chi connectivity index (χ0v) is 16.8. The van der Waals surface area contributed by atoms with Gasteiger partial charge < -0.3 is 9.47 Å². The van der Waals surface area contributed by atoms with E-state index in [1.165, 1.54) is 7.11 Å². The van der Waals surface area contributed by atoms with Crippen LogP contribution in [0.3, 0.4) is 0 Å². The van der Waals surface area contributed by atoms with Gasteiger partial charge in [0.25, 0.3) is 0 Å². The fourth-order valence-corrected chi connectivity index (χ4v) is 2.83. The number of hydrogen-bond donors (Lipinski definition) is 0. The van der Waals surface area contributed by atoms with Crippen molar-refractivity contribution in [2.45, 2.75) is 6.92 Å². The summed E-state index contributed by atoms with van der Waals surface area (Å²) < 4.78 is 10.3. The molecule has 3 aromatic carbocycles. The maximum absolute atomic E-state index is 12.7. The highest BCUT2D eigenvalue weighted by atomic mass is 16.5. The van der Waals surface area contributed by atoms with Crippen LogP contribution in [-0.4, -0.2) is 25.9 Å². The van der Waals surface area contributed by atoms with Crippen molar-refractivity contribution in [2.24, 2.45) is 4.99 Å². The van der Waals surface area contributed by atoms with E-state index >= 15 is 0 Å². The van der Waals surface area contributed by atoms with Gasteiger partial charge >= 0.3 is 5.97 Å². The number of ether oxygens (including phenoxy) is 2. The summed E-state index contributed by atoms with van der Waals surface area (Å²) in [4.78, 5) is 17.5. The zero-order chi connectivity index (χ0) is 20.6. The lowest BCUT2D eigenvalue weighted by atomic mass is 9.99. The molecule has 0 amide bonds. The minimum atomic E-state index is -0.443. The van der Waals surface area contributed by atoms with Crippen molar-refractivity contribution in [3.63, 3.8) is 0 Å². The summed E-state index contributed by atoms with van der Waals surface area (Å²) in [6.45, 7) is 2.02. The number of carbonyl (C=O) groups excluding carboxylic acids is 1. The first kappa shape index (κ1) is 20.1. The summed E-state index contributed by atoms with van der Waals surface area (Å²) >= 11 is 0. The van der Waals surface area contributed by atoms with E-state index in [0.29, 0.717) is 17.0 Å². The summed E-state index contributed by atoms with van der Waals surface area (Å²) in [6, 6.07) is 24.9. The molecule has 0 saturated heterocycles. The fraction of sp³-hybridized carbons (Fsp3) is 0.120. The highest BCUT2D eigenvalue weighted by Gasteiger charge is 2.19. The van der Waals surface area contributed by atoms with E-state index < -0.39 is 5.97 Å². The predicted octanol–water partition coefficient (Wildman–Crippen LogP) is 5.38. The summed E-state index contributed by atoms with van der Waals surface area (Å²) in [5.74, 6) is 0.301. The highest BCUT2D eigenvalue weighted by molar-refractivity contribution is 6.29. The first-order valence-corrected chi connectivity index (χ1v) is 9.26. The molecule has 4 heteroatoms. The van der Waals surface area contributed by atoms with Gasteiger partial charge in [-0.2, -0.15) is 0 Å². The van der Waals surface area contributed by atoms with Gasteiger partial charge in [-0.25, -0.2) is 9.79 Å². The quantitative estimate of drug-likeness (QED) is 0.325. The number of nitrogens with zero attached hydrogens (tertiary/aromatic N) is 1. The molecule has 146 valence electrons. The molecule has 0 spiro atoms. The van der Waals surface area contributed by atoms with E-state index in [4.69, 9.17) is 14.5 Å². The molecule has 0 bridgehead atoms. The normalized spacial score (nSPS) is 11.8. The number of methoxy groups -OCH3 is 2. The van der Waals surface area contributed by atoms with Crippen molar-refractivity contribution in [3.8, 4) is 5.75 Å². The van der Waals surface area contributed by atoms with Gasteiger partial charge in [-0.15, -0.1) is 0 Å². The van der Waals surface area contributed by atoms with Crippen LogP contribution in [-0.2, 0) is 9.53 Å². The second-order valence-corrected chi connectivity index (χ2v) is 6.48. The molecule has 0 radical (unpaired) electrons. The summed E-state index contributed by atoms with van der Waals surface area (Å²) in [5, 5.41) is 0. The molecule has 29 heavy (non-hydrogen) atoms. The van der Waals surface area contributed by atoms with Crippen molar-refractivity contribution < 1.29 is 14.3 Å².